The predicted octanol–water partition coefficient (Wildman–Crippen LogP) is 4.60. The molecule has 0 saturated carbocycles. The Kier molecular flexibility index (Phi) is 5.87. The quantitative estimate of drug-likeness (QED) is 0.807. The van der Waals surface area contributed by atoms with Gasteiger partial charge in [0, 0.05) is 15.4 Å². The van der Waals surface area contributed by atoms with E-state index >= 15 is 0 Å². The molecule has 0 fully saturated rings. The molecule has 1 heterocycles. The monoisotopic (exact) mass is 289 g/mol. The molecule has 0 aliphatic rings. The van der Waals surface area contributed by atoms with Gasteiger partial charge in [0.25, 0.3) is 0 Å². The molecular weight excluding hydrogens is 270 g/mol. The van der Waals surface area contributed by atoms with Crippen molar-refractivity contribution in [2.24, 2.45) is 5.92 Å². The number of hydrogen-bond acceptors (Lipinski definition) is 2. The Morgan fingerprint density at radius 1 is 1.47 bits per heavy atom. The van der Waals surface area contributed by atoms with Gasteiger partial charge in [-0.1, -0.05) is 27.2 Å². The van der Waals surface area contributed by atoms with Crippen molar-refractivity contribution < 1.29 is 0 Å². The van der Waals surface area contributed by atoms with Crippen LogP contribution in [0.5, 0.6) is 0 Å². The molecule has 15 heavy (non-hydrogen) atoms. The minimum absolute atomic E-state index is 0.504. The third-order valence-electron chi connectivity index (χ3n) is 2.66. The minimum atomic E-state index is 0.504. The molecular formula is C12H20BrNS. The van der Waals surface area contributed by atoms with Gasteiger partial charge in [0.2, 0.25) is 0 Å². The van der Waals surface area contributed by atoms with Crippen molar-refractivity contribution >= 4 is 27.3 Å². The van der Waals surface area contributed by atoms with Crippen molar-refractivity contribution in [3.05, 3.63) is 20.8 Å². The highest BCUT2D eigenvalue weighted by molar-refractivity contribution is 9.10. The van der Waals surface area contributed by atoms with Crippen LogP contribution in [0.15, 0.2) is 15.9 Å². The molecule has 0 spiro atoms. The standard InChI is InChI=1S/C12H20BrNS/c1-4-6-9(3)11(14-5-2)12-10(13)7-8-15-12/h7-9,11,14H,4-6H2,1-3H3. The van der Waals surface area contributed by atoms with Crippen LogP contribution in [0.25, 0.3) is 0 Å². The second kappa shape index (κ2) is 6.66. The normalized spacial score (nSPS) is 15.2. The molecule has 1 nitrogen and oxygen atoms in total. The van der Waals surface area contributed by atoms with E-state index in [1.165, 1.54) is 22.2 Å². The van der Waals surface area contributed by atoms with Crippen molar-refractivity contribution in [3.8, 4) is 0 Å². The third-order valence-corrected chi connectivity index (χ3v) is 4.62. The predicted molar refractivity (Wildman–Crippen MR) is 72.5 cm³/mol. The summed E-state index contributed by atoms with van der Waals surface area (Å²) in [6.45, 7) is 7.79. The lowest BCUT2D eigenvalue weighted by Crippen LogP contribution is -2.26. The Balaban J connectivity index is 2.77. The topological polar surface area (TPSA) is 12.0 Å². The van der Waals surface area contributed by atoms with Gasteiger partial charge in [-0.25, -0.2) is 0 Å². The van der Waals surface area contributed by atoms with Gasteiger partial charge < -0.3 is 5.32 Å². The van der Waals surface area contributed by atoms with Gasteiger partial charge >= 0.3 is 0 Å². The van der Waals surface area contributed by atoms with Crippen LogP contribution in [0.2, 0.25) is 0 Å². The fourth-order valence-electron chi connectivity index (χ4n) is 1.92. The first-order valence-corrected chi connectivity index (χ1v) is 7.34. The van der Waals surface area contributed by atoms with Gasteiger partial charge in [-0.05, 0) is 46.3 Å². The Bertz CT molecular complexity index is 285. The maximum Gasteiger partial charge on any atom is 0.0452 e. The number of thiophene rings is 1. The number of halogens is 1. The molecule has 0 radical (unpaired) electrons. The fraction of sp³-hybridized carbons (Fsp3) is 0.667. The van der Waals surface area contributed by atoms with E-state index in [9.17, 15) is 0 Å². The van der Waals surface area contributed by atoms with Crippen LogP contribution in [-0.2, 0) is 0 Å². The van der Waals surface area contributed by atoms with Gasteiger partial charge in [0.15, 0.2) is 0 Å². The first-order chi connectivity index (χ1) is 7.20. The van der Waals surface area contributed by atoms with Gasteiger partial charge in [-0.2, -0.15) is 0 Å². The largest absolute Gasteiger partial charge is 0.309 e. The SMILES string of the molecule is CCCC(C)C(NCC)c1sccc1Br. The second-order valence-corrected chi connectivity index (χ2v) is 5.74. The summed E-state index contributed by atoms with van der Waals surface area (Å²) in [5.74, 6) is 0.699. The zero-order valence-corrected chi connectivity index (χ0v) is 12.1. The van der Waals surface area contributed by atoms with E-state index in [0.717, 1.165) is 6.54 Å². The van der Waals surface area contributed by atoms with E-state index < -0.39 is 0 Å². The summed E-state index contributed by atoms with van der Waals surface area (Å²) in [4.78, 5) is 1.44. The maximum absolute atomic E-state index is 3.63. The summed E-state index contributed by atoms with van der Waals surface area (Å²) in [5.41, 5.74) is 0. The highest BCUT2D eigenvalue weighted by atomic mass is 79.9. The number of rotatable bonds is 6. The Hall–Kier alpha value is 0.140. The summed E-state index contributed by atoms with van der Waals surface area (Å²) in [6, 6.07) is 2.65. The van der Waals surface area contributed by atoms with E-state index in [4.69, 9.17) is 0 Å². The van der Waals surface area contributed by atoms with Gasteiger partial charge in [-0.15, -0.1) is 11.3 Å². The maximum atomic E-state index is 3.63. The zero-order chi connectivity index (χ0) is 11.3. The smallest absolute Gasteiger partial charge is 0.0452 e. The van der Waals surface area contributed by atoms with E-state index in [2.05, 4.69) is 53.5 Å². The average Bonchev–Trinajstić information content (AvgIpc) is 2.61. The summed E-state index contributed by atoms with van der Waals surface area (Å²) < 4.78 is 1.25. The molecule has 86 valence electrons. The molecule has 0 saturated heterocycles. The molecule has 0 bridgehead atoms. The summed E-state index contributed by atoms with van der Waals surface area (Å²) >= 11 is 5.47. The summed E-state index contributed by atoms with van der Waals surface area (Å²) in [6.07, 6.45) is 2.54. The Labute approximate surface area is 105 Å². The molecule has 0 aliphatic heterocycles. The van der Waals surface area contributed by atoms with Crippen LogP contribution in [0.4, 0.5) is 0 Å². The van der Waals surface area contributed by atoms with Crippen LogP contribution in [-0.4, -0.2) is 6.54 Å². The molecule has 1 aromatic rings. The fourth-order valence-corrected chi connectivity index (χ4v) is 3.75. The highest BCUT2D eigenvalue weighted by Gasteiger charge is 2.20. The van der Waals surface area contributed by atoms with Gasteiger partial charge in [-0.3, -0.25) is 0 Å². The summed E-state index contributed by atoms with van der Waals surface area (Å²) in [5, 5.41) is 5.75. The molecule has 1 N–H and O–H groups in total. The van der Waals surface area contributed by atoms with Crippen molar-refractivity contribution in [2.75, 3.05) is 6.54 Å². The van der Waals surface area contributed by atoms with Gasteiger partial charge in [0.05, 0.1) is 0 Å². The number of hydrogen-bond donors (Lipinski definition) is 1. The molecule has 2 unspecified atom stereocenters. The van der Waals surface area contributed by atoms with Crippen molar-refractivity contribution in [2.45, 2.75) is 39.7 Å². The molecule has 2 atom stereocenters. The molecule has 3 heteroatoms. The lowest BCUT2D eigenvalue weighted by molar-refractivity contribution is 0.373. The van der Waals surface area contributed by atoms with Gasteiger partial charge in [0.1, 0.15) is 0 Å². The van der Waals surface area contributed by atoms with E-state index in [1.54, 1.807) is 0 Å². The van der Waals surface area contributed by atoms with Crippen LogP contribution in [0.3, 0.4) is 0 Å². The van der Waals surface area contributed by atoms with Crippen LogP contribution < -0.4 is 5.32 Å². The first kappa shape index (κ1) is 13.2. The summed E-state index contributed by atoms with van der Waals surface area (Å²) in [7, 11) is 0. The van der Waals surface area contributed by atoms with Crippen molar-refractivity contribution in [3.63, 3.8) is 0 Å². The van der Waals surface area contributed by atoms with Crippen LogP contribution >= 0.6 is 27.3 Å². The lowest BCUT2D eigenvalue weighted by Gasteiger charge is -2.24. The Morgan fingerprint density at radius 2 is 2.20 bits per heavy atom. The van der Waals surface area contributed by atoms with Crippen LogP contribution in [0, 0.1) is 5.92 Å². The zero-order valence-electron chi connectivity index (χ0n) is 9.72. The van der Waals surface area contributed by atoms with Crippen LogP contribution in [0.1, 0.15) is 44.5 Å². The van der Waals surface area contributed by atoms with Crippen molar-refractivity contribution in [1.29, 1.82) is 0 Å². The second-order valence-electron chi connectivity index (χ2n) is 3.93. The van der Waals surface area contributed by atoms with E-state index in [-0.39, 0.29) is 0 Å². The molecule has 0 aliphatic carbocycles. The number of nitrogens with one attached hydrogen (secondary N) is 1. The highest BCUT2D eigenvalue weighted by Crippen LogP contribution is 2.34. The first-order valence-electron chi connectivity index (χ1n) is 5.66. The third kappa shape index (κ3) is 3.58. The Morgan fingerprint density at radius 3 is 2.67 bits per heavy atom. The van der Waals surface area contributed by atoms with Crippen molar-refractivity contribution in [1.82, 2.24) is 5.32 Å². The molecule has 1 rings (SSSR count). The molecule has 0 amide bonds. The van der Waals surface area contributed by atoms with E-state index in [1.807, 2.05) is 11.3 Å². The molecule has 1 aromatic heterocycles. The van der Waals surface area contributed by atoms with E-state index in [0.29, 0.717) is 12.0 Å². The average molecular weight is 290 g/mol. The lowest BCUT2D eigenvalue weighted by atomic mass is 9.95. The minimum Gasteiger partial charge on any atom is -0.309 e. The molecule has 0 aromatic carbocycles.